The predicted octanol–water partition coefficient (Wildman–Crippen LogP) is 3.30. The standard InChI is InChI=1S/C16H25N3O2/c1-11-5-4-6-16(7-11,10-17)8-14-13(3)15(19(20)21)12(2)9-18-14/h9,11H,4-8,10,17H2,1-3H3. The van der Waals surface area contributed by atoms with Crippen LogP contribution in [0.5, 0.6) is 0 Å². The van der Waals surface area contributed by atoms with Gasteiger partial charge in [-0.15, -0.1) is 0 Å². The Labute approximate surface area is 126 Å². The summed E-state index contributed by atoms with van der Waals surface area (Å²) in [5.74, 6) is 0.669. The molecule has 0 amide bonds. The van der Waals surface area contributed by atoms with Crippen molar-refractivity contribution in [2.24, 2.45) is 17.1 Å². The summed E-state index contributed by atoms with van der Waals surface area (Å²) in [6, 6.07) is 0. The number of pyridine rings is 1. The van der Waals surface area contributed by atoms with Crippen LogP contribution in [0, 0.1) is 35.3 Å². The fourth-order valence-corrected chi connectivity index (χ4v) is 3.77. The molecule has 1 aromatic rings. The van der Waals surface area contributed by atoms with Crippen LogP contribution in [0.4, 0.5) is 5.69 Å². The van der Waals surface area contributed by atoms with E-state index in [1.165, 1.54) is 12.8 Å². The van der Waals surface area contributed by atoms with Gasteiger partial charge in [0.1, 0.15) is 0 Å². The molecule has 116 valence electrons. The first-order valence-corrected chi connectivity index (χ1v) is 7.68. The minimum absolute atomic E-state index is 0.0541. The molecule has 0 bridgehead atoms. The monoisotopic (exact) mass is 291 g/mol. The maximum absolute atomic E-state index is 11.2. The molecule has 2 atom stereocenters. The Balaban J connectivity index is 2.34. The average molecular weight is 291 g/mol. The van der Waals surface area contributed by atoms with Crippen LogP contribution < -0.4 is 5.73 Å². The smallest absolute Gasteiger partial charge is 0.278 e. The second kappa shape index (κ2) is 6.10. The van der Waals surface area contributed by atoms with E-state index in [2.05, 4.69) is 11.9 Å². The van der Waals surface area contributed by atoms with Gasteiger partial charge in [-0.3, -0.25) is 15.1 Å². The lowest BCUT2D eigenvalue weighted by Crippen LogP contribution is -2.37. The molecule has 1 heterocycles. The number of nitro groups is 1. The Kier molecular flexibility index (Phi) is 4.61. The van der Waals surface area contributed by atoms with Gasteiger partial charge in [0.05, 0.1) is 10.6 Å². The highest BCUT2D eigenvalue weighted by Crippen LogP contribution is 2.42. The van der Waals surface area contributed by atoms with Gasteiger partial charge in [0, 0.05) is 17.3 Å². The molecule has 1 fully saturated rings. The van der Waals surface area contributed by atoms with E-state index in [0.29, 0.717) is 23.6 Å². The van der Waals surface area contributed by atoms with Crippen LogP contribution >= 0.6 is 0 Å². The largest absolute Gasteiger partial charge is 0.330 e. The molecule has 5 nitrogen and oxygen atoms in total. The third-order valence-electron chi connectivity index (χ3n) is 4.92. The minimum Gasteiger partial charge on any atom is -0.330 e. The SMILES string of the molecule is Cc1cnc(CC2(CN)CCCC(C)C2)c(C)c1[N+](=O)[O-]. The van der Waals surface area contributed by atoms with Crippen molar-refractivity contribution in [3.63, 3.8) is 0 Å². The fraction of sp³-hybridized carbons (Fsp3) is 0.688. The summed E-state index contributed by atoms with van der Waals surface area (Å²) in [4.78, 5) is 15.4. The topological polar surface area (TPSA) is 82.0 Å². The van der Waals surface area contributed by atoms with Gasteiger partial charge in [0.15, 0.2) is 0 Å². The summed E-state index contributed by atoms with van der Waals surface area (Å²) in [7, 11) is 0. The molecular weight excluding hydrogens is 266 g/mol. The highest BCUT2D eigenvalue weighted by atomic mass is 16.6. The van der Waals surface area contributed by atoms with Crippen LogP contribution in [0.2, 0.25) is 0 Å². The lowest BCUT2D eigenvalue weighted by Gasteiger charge is -2.39. The highest BCUT2D eigenvalue weighted by molar-refractivity contribution is 5.47. The predicted molar refractivity (Wildman–Crippen MR) is 83.2 cm³/mol. The van der Waals surface area contributed by atoms with Crippen LogP contribution in [0.15, 0.2) is 6.20 Å². The van der Waals surface area contributed by atoms with Crippen LogP contribution in [0.3, 0.4) is 0 Å². The van der Waals surface area contributed by atoms with E-state index in [9.17, 15) is 10.1 Å². The lowest BCUT2D eigenvalue weighted by molar-refractivity contribution is -0.386. The normalized spacial score (nSPS) is 25.8. The number of nitrogens with two attached hydrogens (primary N) is 1. The third-order valence-corrected chi connectivity index (χ3v) is 4.92. The van der Waals surface area contributed by atoms with Crippen molar-refractivity contribution in [2.75, 3.05) is 6.54 Å². The Bertz CT molecular complexity index is 545. The summed E-state index contributed by atoms with van der Waals surface area (Å²) >= 11 is 0. The zero-order valence-corrected chi connectivity index (χ0v) is 13.2. The molecule has 0 aliphatic heterocycles. The van der Waals surface area contributed by atoms with E-state index in [0.717, 1.165) is 25.0 Å². The lowest BCUT2D eigenvalue weighted by atomic mass is 9.67. The number of hydrogen-bond acceptors (Lipinski definition) is 4. The Hall–Kier alpha value is -1.49. The summed E-state index contributed by atoms with van der Waals surface area (Å²) in [5.41, 5.74) is 8.49. The third kappa shape index (κ3) is 3.23. The zero-order valence-electron chi connectivity index (χ0n) is 13.2. The molecule has 0 aromatic carbocycles. The molecule has 0 radical (unpaired) electrons. The van der Waals surface area contributed by atoms with E-state index in [4.69, 9.17) is 5.73 Å². The summed E-state index contributed by atoms with van der Waals surface area (Å²) in [6.45, 7) is 6.44. The molecule has 1 saturated carbocycles. The van der Waals surface area contributed by atoms with Gasteiger partial charge in [-0.05, 0) is 51.0 Å². The molecule has 0 spiro atoms. The number of rotatable bonds is 4. The van der Waals surface area contributed by atoms with Gasteiger partial charge < -0.3 is 5.73 Å². The maximum atomic E-state index is 11.2. The quantitative estimate of drug-likeness (QED) is 0.681. The second-order valence-corrected chi connectivity index (χ2v) is 6.70. The number of hydrogen-bond donors (Lipinski definition) is 1. The van der Waals surface area contributed by atoms with Crippen molar-refractivity contribution >= 4 is 5.69 Å². The van der Waals surface area contributed by atoms with E-state index in [1.54, 1.807) is 13.1 Å². The van der Waals surface area contributed by atoms with Crippen LogP contribution in [0.25, 0.3) is 0 Å². The first-order chi connectivity index (χ1) is 9.88. The Morgan fingerprint density at radius 2 is 2.24 bits per heavy atom. The van der Waals surface area contributed by atoms with Crippen LogP contribution in [0.1, 0.15) is 49.4 Å². The first-order valence-electron chi connectivity index (χ1n) is 7.68. The van der Waals surface area contributed by atoms with Gasteiger partial charge >= 0.3 is 0 Å². The van der Waals surface area contributed by atoms with Crippen molar-refractivity contribution in [3.05, 3.63) is 33.1 Å². The summed E-state index contributed by atoms with van der Waals surface area (Å²) < 4.78 is 0. The molecule has 1 aliphatic rings. The van der Waals surface area contributed by atoms with Crippen molar-refractivity contribution in [2.45, 2.75) is 52.9 Å². The van der Waals surface area contributed by atoms with Gasteiger partial charge in [0.2, 0.25) is 0 Å². The highest BCUT2D eigenvalue weighted by Gasteiger charge is 2.35. The number of aryl methyl sites for hydroxylation is 1. The van der Waals surface area contributed by atoms with E-state index in [-0.39, 0.29) is 16.0 Å². The van der Waals surface area contributed by atoms with Gasteiger partial charge in [-0.1, -0.05) is 19.8 Å². The van der Waals surface area contributed by atoms with E-state index in [1.807, 2.05) is 6.92 Å². The number of aromatic nitrogens is 1. The molecule has 1 aromatic heterocycles. The summed E-state index contributed by atoms with van der Waals surface area (Å²) in [6.07, 6.45) is 6.99. The molecule has 1 aliphatic carbocycles. The molecule has 21 heavy (non-hydrogen) atoms. The molecule has 2 unspecified atom stereocenters. The maximum Gasteiger partial charge on any atom is 0.278 e. The molecule has 0 saturated heterocycles. The molecular formula is C16H25N3O2. The molecule has 5 heteroatoms. The van der Waals surface area contributed by atoms with Gasteiger partial charge in [-0.25, -0.2) is 0 Å². The van der Waals surface area contributed by atoms with Crippen molar-refractivity contribution in [1.82, 2.24) is 4.98 Å². The van der Waals surface area contributed by atoms with Crippen LogP contribution in [-0.2, 0) is 6.42 Å². The average Bonchev–Trinajstić information content (AvgIpc) is 2.42. The van der Waals surface area contributed by atoms with Crippen molar-refractivity contribution in [1.29, 1.82) is 0 Å². The molecule has 2 N–H and O–H groups in total. The number of nitrogens with zero attached hydrogens (tertiary/aromatic N) is 2. The molecule has 2 rings (SSSR count). The van der Waals surface area contributed by atoms with Crippen molar-refractivity contribution in [3.8, 4) is 0 Å². The van der Waals surface area contributed by atoms with Gasteiger partial charge in [-0.2, -0.15) is 0 Å². The Morgan fingerprint density at radius 1 is 1.52 bits per heavy atom. The first kappa shape index (κ1) is 15.9. The van der Waals surface area contributed by atoms with E-state index >= 15 is 0 Å². The van der Waals surface area contributed by atoms with Gasteiger partial charge in [0.25, 0.3) is 5.69 Å². The second-order valence-electron chi connectivity index (χ2n) is 6.70. The van der Waals surface area contributed by atoms with E-state index < -0.39 is 0 Å². The Morgan fingerprint density at radius 3 is 2.81 bits per heavy atom. The van der Waals surface area contributed by atoms with Crippen molar-refractivity contribution < 1.29 is 4.92 Å². The fourth-order valence-electron chi connectivity index (χ4n) is 3.77. The zero-order chi connectivity index (χ0) is 15.6. The summed E-state index contributed by atoms with van der Waals surface area (Å²) in [5, 5.41) is 11.2. The minimum atomic E-state index is -0.297. The van der Waals surface area contributed by atoms with Crippen LogP contribution in [-0.4, -0.2) is 16.5 Å².